The fourth-order valence-corrected chi connectivity index (χ4v) is 11.5. The van der Waals surface area contributed by atoms with Gasteiger partial charge in [-0.15, -0.1) is 0 Å². The SMILES string of the molecule is C=CCOc1c2c(cc3c(OC)ccc(OC)c13)C=C(CCO[Si](C(C)C)(C(C)C)C(C)C)O[C@H]2C. The standard InChI is InChI=1S/C30H44O5Si/c1-11-15-33-30-28-22(8)35-24(14-16-34-36(19(2)3,20(4)5)21(6)7)17-23(28)18-25-26(31-9)12-13-27(32-10)29(25)30/h11-13,17-22H,1,14-16H2,2-10H3/t22-/m0/s1. The Labute approximate surface area is 218 Å². The average Bonchev–Trinajstić information content (AvgIpc) is 2.83. The third kappa shape index (κ3) is 5.16. The van der Waals surface area contributed by atoms with Crippen LogP contribution in [-0.4, -0.2) is 35.8 Å². The first-order valence-electron chi connectivity index (χ1n) is 13.1. The van der Waals surface area contributed by atoms with Gasteiger partial charge in [-0.05, 0) is 53.4 Å². The van der Waals surface area contributed by atoms with Crippen LogP contribution >= 0.6 is 0 Å². The first-order chi connectivity index (χ1) is 17.1. The van der Waals surface area contributed by atoms with E-state index in [-0.39, 0.29) is 6.10 Å². The van der Waals surface area contributed by atoms with E-state index in [1.54, 1.807) is 20.3 Å². The number of benzene rings is 2. The van der Waals surface area contributed by atoms with E-state index in [1.165, 1.54) is 0 Å². The van der Waals surface area contributed by atoms with Crippen LogP contribution in [0.25, 0.3) is 16.8 Å². The van der Waals surface area contributed by atoms with Crippen LogP contribution in [0.4, 0.5) is 0 Å². The molecule has 0 aliphatic carbocycles. The third-order valence-corrected chi connectivity index (χ3v) is 13.6. The Bertz CT molecular complexity index is 1080. The van der Waals surface area contributed by atoms with E-state index in [4.69, 9.17) is 23.4 Å². The molecule has 0 bridgehead atoms. The summed E-state index contributed by atoms with van der Waals surface area (Å²) in [6.45, 7) is 20.9. The summed E-state index contributed by atoms with van der Waals surface area (Å²) in [6, 6.07) is 6.00. The normalized spacial score (nSPS) is 15.7. The van der Waals surface area contributed by atoms with Gasteiger partial charge in [0.05, 0.1) is 25.4 Å². The molecule has 0 fully saturated rings. The predicted molar refractivity (Wildman–Crippen MR) is 152 cm³/mol. The van der Waals surface area contributed by atoms with Gasteiger partial charge in [-0.3, -0.25) is 0 Å². The number of rotatable bonds is 12. The minimum atomic E-state index is -1.93. The van der Waals surface area contributed by atoms with E-state index in [0.717, 1.165) is 51.3 Å². The first kappa shape index (κ1) is 28.1. The fourth-order valence-electron chi connectivity index (χ4n) is 6.09. The van der Waals surface area contributed by atoms with E-state index in [0.29, 0.717) is 29.8 Å². The Kier molecular flexibility index (Phi) is 9.17. The number of hydrogen-bond donors (Lipinski definition) is 0. The van der Waals surface area contributed by atoms with E-state index in [2.05, 4.69) is 67.2 Å². The van der Waals surface area contributed by atoms with Crippen molar-refractivity contribution < 1.29 is 23.4 Å². The maximum absolute atomic E-state index is 6.80. The van der Waals surface area contributed by atoms with Crippen molar-refractivity contribution >= 4 is 25.2 Å². The van der Waals surface area contributed by atoms with Gasteiger partial charge < -0.3 is 23.4 Å². The molecule has 0 unspecified atom stereocenters. The number of hydrogen-bond acceptors (Lipinski definition) is 5. The van der Waals surface area contributed by atoms with Crippen molar-refractivity contribution in [3.63, 3.8) is 0 Å². The zero-order valence-corrected chi connectivity index (χ0v) is 24.6. The lowest BCUT2D eigenvalue weighted by atomic mass is 9.92. The quantitative estimate of drug-likeness (QED) is 0.211. The fraction of sp³-hybridized carbons (Fsp3) is 0.533. The van der Waals surface area contributed by atoms with Gasteiger partial charge in [0.15, 0.2) is 8.32 Å². The van der Waals surface area contributed by atoms with Gasteiger partial charge in [0, 0.05) is 24.0 Å². The summed E-state index contributed by atoms with van der Waals surface area (Å²) in [5.41, 5.74) is 3.74. The average molecular weight is 513 g/mol. The Morgan fingerprint density at radius 1 is 1.00 bits per heavy atom. The lowest BCUT2D eigenvalue weighted by Crippen LogP contribution is -2.48. The monoisotopic (exact) mass is 512 g/mol. The predicted octanol–water partition coefficient (Wildman–Crippen LogP) is 8.44. The number of ether oxygens (including phenoxy) is 4. The molecule has 0 amide bonds. The molecule has 2 aromatic rings. The van der Waals surface area contributed by atoms with Crippen LogP contribution in [0.1, 0.15) is 72.1 Å². The minimum Gasteiger partial charge on any atom is -0.496 e. The highest BCUT2D eigenvalue weighted by molar-refractivity contribution is 6.77. The summed E-state index contributed by atoms with van der Waals surface area (Å²) in [7, 11) is 1.43. The van der Waals surface area contributed by atoms with Gasteiger partial charge in [-0.2, -0.15) is 0 Å². The molecule has 0 saturated carbocycles. The molecule has 5 nitrogen and oxygen atoms in total. The summed E-state index contributed by atoms with van der Waals surface area (Å²) in [6.07, 6.45) is 4.43. The van der Waals surface area contributed by atoms with Gasteiger partial charge in [0.25, 0.3) is 0 Å². The Morgan fingerprint density at radius 3 is 2.17 bits per heavy atom. The summed E-state index contributed by atoms with van der Waals surface area (Å²) >= 11 is 0. The maximum Gasteiger partial charge on any atom is 0.200 e. The Hall–Kier alpha value is -2.44. The molecule has 6 heteroatoms. The molecule has 0 N–H and O–H groups in total. The summed E-state index contributed by atoms with van der Waals surface area (Å²) in [4.78, 5) is 0. The molecule has 1 heterocycles. The van der Waals surface area contributed by atoms with Crippen LogP contribution in [0.2, 0.25) is 16.6 Å². The van der Waals surface area contributed by atoms with E-state index in [9.17, 15) is 0 Å². The molecule has 2 aromatic carbocycles. The van der Waals surface area contributed by atoms with Gasteiger partial charge in [0.1, 0.15) is 30.0 Å². The molecule has 0 aromatic heterocycles. The second-order valence-corrected chi connectivity index (χ2v) is 15.9. The van der Waals surface area contributed by atoms with Crippen molar-refractivity contribution in [3.05, 3.63) is 47.7 Å². The minimum absolute atomic E-state index is 0.178. The largest absolute Gasteiger partial charge is 0.496 e. The van der Waals surface area contributed by atoms with Crippen molar-refractivity contribution in [2.45, 2.75) is 77.6 Å². The second kappa shape index (κ2) is 11.7. The molecule has 0 saturated heterocycles. The Morgan fingerprint density at radius 2 is 1.61 bits per heavy atom. The maximum atomic E-state index is 6.80. The highest BCUT2D eigenvalue weighted by Gasteiger charge is 2.45. The molecular weight excluding hydrogens is 468 g/mol. The first-order valence-corrected chi connectivity index (χ1v) is 15.2. The van der Waals surface area contributed by atoms with Gasteiger partial charge in [0.2, 0.25) is 0 Å². The topological polar surface area (TPSA) is 46.2 Å². The van der Waals surface area contributed by atoms with Gasteiger partial charge >= 0.3 is 0 Å². The molecule has 1 aliphatic rings. The summed E-state index contributed by atoms with van der Waals surface area (Å²) in [5.74, 6) is 3.20. The van der Waals surface area contributed by atoms with Crippen molar-refractivity contribution in [3.8, 4) is 17.2 Å². The van der Waals surface area contributed by atoms with E-state index >= 15 is 0 Å². The molecule has 198 valence electrons. The summed E-state index contributed by atoms with van der Waals surface area (Å²) in [5, 5.41) is 1.83. The van der Waals surface area contributed by atoms with Crippen LogP contribution in [-0.2, 0) is 9.16 Å². The van der Waals surface area contributed by atoms with Gasteiger partial charge in [-0.25, -0.2) is 0 Å². The molecular formula is C30H44O5Si. The van der Waals surface area contributed by atoms with Crippen LogP contribution in [0.3, 0.4) is 0 Å². The highest BCUT2D eigenvalue weighted by Crippen LogP contribution is 2.48. The van der Waals surface area contributed by atoms with Crippen LogP contribution in [0, 0.1) is 0 Å². The second-order valence-electron chi connectivity index (χ2n) is 10.5. The zero-order valence-electron chi connectivity index (χ0n) is 23.6. The van der Waals surface area contributed by atoms with E-state index < -0.39 is 8.32 Å². The van der Waals surface area contributed by atoms with Crippen molar-refractivity contribution in [1.29, 1.82) is 0 Å². The van der Waals surface area contributed by atoms with Crippen molar-refractivity contribution in [2.75, 3.05) is 27.4 Å². The van der Waals surface area contributed by atoms with Crippen LogP contribution in [0.15, 0.2) is 36.6 Å². The number of fused-ring (bicyclic) bond motifs is 2. The smallest absolute Gasteiger partial charge is 0.200 e. The number of methoxy groups -OCH3 is 2. The van der Waals surface area contributed by atoms with Gasteiger partial charge in [-0.1, -0.05) is 54.2 Å². The van der Waals surface area contributed by atoms with Crippen LogP contribution in [0.5, 0.6) is 17.2 Å². The molecule has 3 rings (SSSR count). The molecule has 1 atom stereocenters. The van der Waals surface area contributed by atoms with Crippen LogP contribution < -0.4 is 14.2 Å². The zero-order chi connectivity index (χ0) is 26.6. The summed E-state index contributed by atoms with van der Waals surface area (Å²) < 4.78 is 30.9. The van der Waals surface area contributed by atoms with Crippen molar-refractivity contribution in [1.82, 2.24) is 0 Å². The van der Waals surface area contributed by atoms with Crippen molar-refractivity contribution in [2.24, 2.45) is 0 Å². The third-order valence-electron chi connectivity index (χ3n) is 7.49. The Balaban J connectivity index is 2.03. The lowest BCUT2D eigenvalue weighted by molar-refractivity contribution is 0.112. The molecule has 36 heavy (non-hydrogen) atoms. The highest BCUT2D eigenvalue weighted by atomic mass is 28.4. The lowest BCUT2D eigenvalue weighted by Gasteiger charge is -2.42. The van der Waals surface area contributed by atoms with E-state index in [1.807, 2.05) is 12.1 Å². The molecule has 1 aliphatic heterocycles. The molecule has 0 radical (unpaired) electrons. The molecule has 0 spiro atoms.